The second-order valence-electron chi connectivity index (χ2n) is 6.56. The third kappa shape index (κ3) is 6.94. The zero-order valence-electron chi connectivity index (χ0n) is 16.5. The van der Waals surface area contributed by atoms with Crippen LogP contribution in [0.1, 0.15) is 17.0 Å². The van der Waals surface area contributed by atoms with Crippen molar-refractivity contribution in [2.24, 2.45) is 7.05 Å². The average molecular weight is 481 g/mol. The summed E-state index contributed by atoms with van der Waals surface area (Å²) in [7, 11) is 1.92. The lowest BCUT2D eigenvalue weighted by molar-refractivity contribution is -0.118. The molecular weight excluding hydrogens is 459 g/mol. The van der Waals surface area contributed by atoms with Crippen LogP contribution in [0.3, 0.4) is 0 Å². The van der Waals surface area contributed by atoms with Gasteiger partial charge in [-0.2, -0.15) is 0 Å². The Morgan fingerprint density at radius 3 is 2.67 bits per heavy atom. The zero-order chi connectivity index (χ0) is 21.3. The molecule has 1 heterocycles. The summed E-state index contributed by atoms with van der Waals surface area (Å²) in [5.74, 6) is 2.62. The van der Waals surface area contributed by atoms with Gasteiger partial charge < -0.3 is 9.88 Å². The number of carbonyl (C=O) groups is 1. The number of hydrogen-bond acceptors (Lipinski definition) is 5. The van der Waals surface area contributed by atoms with E-state index in [-0.39, 0.29) is 5.91 Å². The molecular formula is C21H22Cl2N4OS2. The lowest BCUT2D eigenvalue weighted by Gasteiger charge is -2.06. The van der Waals surface area contributed by atoms with Crippen LogP contribution >= 0.6 is 46.7 Å². The molecule has 2 aromatic carbocycles. The number of aromatic nitrogens is 3. The number of rotatable bonds is 10. The van der Waals surface area contributed by atoms with Crippen molar-refractivity contribution < 1.29 is 4.79 Å². The monoisotopic (exact) mass is 480 g/mol. The molecule has 0 aliphatic carbocycles. The summed E-state index contributed by atoms with van der Waals surface area (Å²) in [6.07, 6.45) is 0.820. The zero-order valence-corrected chi connectivity index (χ0v) is 19.6. The van der Waals surface area contributed by atoms with Gasteiger partial charge in [0.2, 0.25) is 5.91 Å². The molecule has 0 bridgehead atoms. The Kier molecular flexibility index (Phi) is 8.93. The van der Waals surface area contributed by atoms with Gasteiger partial charge in [0.1, 0.15) is 5.82 Å². The van der Waals surface area contributed by atoms with Crippen LogP contribution in [0.15, 0.2) is 53.7 Å². The van der Waals surface area contributed by atoms with E-state index in [0.29, 0.717) is 28.1 Å². The summed E-state index contributed by atoms with van der Waals surface area (Å²) in [6.45, 7) is 0.622. The van der Waals surface area contributed by atoms with E-state index < -0.39 is 0 Å². The van der Waals surface area contributed by atoms with E-state index in [0.717, 1.165) is 28.7 Å². The van der Waals surface area contributed by atoms with Gasteiger partial charge in [0.15, 0.2) is 5.16 Å². The molecule has 158 valence electrons. The second-order valence-corrected chi connectivity index (χ2v) is 9.33. The molecule has 0 fully saturated rings. The van der Waals surface area contributed by atoms with Crippen molar-refractivity contribution in [3.8, 4) is 0 Å². The van der Waals surface area contributed by atoms with Crippen molar-refractivity contribution in [1.82, 2.24) is 20.1 Å². The molecule has 1 aromatic heterocycles. The summed E-state index contributed by atoms with van der Waals surface area (Å²) in [5.41, 5.74) is 2.25. The van der Waals surface area contributed by atoms with Crippen molar-refractivity contribution in [2.75, 3.05) is 12.3 Å². The standard InChI is InChI=1S/C21H22Cl2N4OS2/c1-27-19(13-29-12-16-7-8-17(22)11-18(16)23)25-26-21(27)30-14-20(28)24-10-9-15-5-3-2-4-6-15/h2-8,11H,9-10,12-14H2,1H3,(H,24,28). The molecule has 0 saturated heterocycles. The fraction of sp³-hybridized carbons (Fsp3) is 0.286. The fourth-order valence-electron chi connectivity index (χ4n) is 2.66. The maximum Gasteiger partial charge on any atom is 0.230 e. The number of amides is 1. The van der Waals surface area contributed by atoms with Gasteiger partial charge >= 0.3 is 0 Å². The molecule has 3 rings (SSSR count). The van der Waals surface area contributed by atoms with E-state index in [1.165, 1.54) is 17.3 Å². The van der Waals surface area contributed by atoms with E-state index in [2.05, 4.69) is 27.6 Å². The summed E-state index contributed by atoms with van der Waals surface area (Å²) in [6, 6.07) is 15.6. The lowest BCUT2D eigenvalue weighted by Crippen LogP contribution is -2.27. The number of nitrogens with zero attached hydrogens (tertiary/aromatic N) is 3. The maximum atomic E-state index is 12.1. The summed E-state index contributed by atoms with van der Waals surface area (Å²) < 4.78 is 1.93. The molecule has 3 aromatic rings. The van der Waals surface area contributed by atoms with E-state index in [4.69, 9.17) is 23.2 Å². The van der Waals surface area contributed by atoms with E-state index in [1.807, 2.05) is 41.9 Å². The highest BCUT2D eigenvalue weighted by Gasteiger charge is 2.12. The Morgan fingerprint density at radius 1 is 1.10 bits per heavy atom. The van der Waals surface area contributed by atoms with Crippen LogP contribution in [0, 0.1) is 0 Å². The number of hydrogen-bond donors (Lipinski definition) is 1. The minimum Gasteiger partial charge on any atom is -0.355 e. The first-order chi connectivity index (χ1) is 14.5. The molecule has 0 unspecified atom stereocenters. The predicted octanol–water partition coefficient (Wildman–Crippen LogP) is 5.01. The molecule has 0 radical (unpaired) electrons. The largest absolute Gasteiger partial charge is 0.355 e. The number of halogens is 2. The Morgan fingerprint density at radius 2 is 1.90 bits per heavy atom. The molecule has 1 N–H and O–H groups in total. The van der Waals surface area contributed by atoms with Gasteiger partial charge in [0.05, 0.1) is 11.5 Å². The second kappa shape index (κ2) is 11.6. The molecule has 9 heteroatoms. The molecule has 0 saturated carbocycles. The molecule has 30 heavy (non-hydrogen) atoms. The quantitative estimate of drug-likeness (QED) is 0.413. The highest BCUT2D eigenvalue weighted by Crippen LogP contribution is 2.26. The molecule has 0 aliphatic heterocycles. The first-order valence-electron chi connectivity index (χ1n) is 9.36. The minimum atomic E-state index is -0.00719. The van der Waals surface area contributed by atoms with Gasteiger partial charge in [-0.05, 0) is 29.7 Å². The van der Waals surface area contributed by atoms with E-state index in [1.54, 1.807) is 17.8 Å². The van der Waals surface area contributed by atoms with Crippen molar-refractivity contribution in [1.29, 1.82) is 0 Å². The highest BCUT2D eigenvalue weighted by molar-refractivity contribution is 7.99. The summed E-state index contributed by atoms with van der Waals surface area (Å²) in [4.78, 5) is 12.1. The first kappa shape index (κ1) is 23.0. The topological polar surface area (TPSA) is 59.8 Å². The summed E-state index contributed by atoms with van der Waals surface area (Å²) in [5, 5.41) is 13.4. The minimum absolute atomic E-state index is 0.00719. The van der Waals surface area contributed by atoms with E-state index in [9.17, 15) is 4.79 Å². The van der Waals surface area contributed by atoms with Crippen LogP contribution in [0.25, 0.3) is 0 Å². The van der Waals surface area contributed by atoms with Crippen LogP contribution in [0.4, 0.5) is 0 Å². The van der Waals surface area contributed by atoms with Crippen LogP contribution in [0.5, 0.6) is 0 Å². The van der Waals surface area contributed by atoms with Gasteiger partial charge in [-0.15, -0.1) is 22.0 Å². The maximum absolute atomic E-state index is 12.1. The molecule has 1 amide bonds. The van der Waals surface area contributed by atoms with Crippen LogP contribution in [0.2, 0.25) is 10.0 Å². The van der Waals surface area contributed by atoms with Crippen LogP contribution in [-0.2, 0) is 29.8 Å². The van der Waals surface area contributed by atoms with Crippen molar-refractivity contribution >= 4 is 52.6 Å². The Balaban J connectivity index is 1.40. The van der Waals surface area contributed by atoms with Crippen LogP contribution < -0.4 is 5.32 Å². The Bertz CT molecular complexity index is 982. The van der Waals surface area contributed by atoms with Gasteiger partial charge in [-0.25, -0.2) is 0 Å². The fourth-order valence-corrected chi connectivity index (χ4v) is 4.98. The number of carbonyl (C=O) groups excluding carboxylic acids is 1. The van der Waals surface area contributed by atoms with Crippen molar-refractivity contribution in [3.05, 3.63) is 75.5 Å². The number of thioether (sulfide) groups is 2. The average Bonchev–Trinajstić information content (AvgIpc) is 3.08. The normalized spacial score (nSPS) is 10.9. The van der Waals surface area contributed by atoms with E-state index >= 15 is 0 Å². The van der Waals surface area contributed by atoms with Crippen molar-refractivity contribution in [3.63, 3.8) is 0 Å². The Labute approximate surface area is 194 Å². The van der Waals surface area contributed by atoms with Gasteiger partial charge in [-0.1, -0.05) is 71.4 Å². The molecule has 0 atom stereocenters. The smallest absolute Gasteiger partial charge is 0.230 e. The van der Waals surface area contributed by atoms with Gasteiger partial charge in [-0.3, -0.25) is 4.79 Å². The van der Waals surface area contributed by atoms with Gasteiger partial charge in [0, 0.05) is 29.4 Å². The SMILES string of the molecule is Cn1c(CSCc2ccc(Cl)cc2Cl)nnc1SCC(=O)NCCc1ccccc1. The number of benzene rings is 2. The predicted molar refractivity (Wildman–Crippen MR) is 126 cm³/mol. The Hall–Kier alpha value is -1.67. The van der Waals surface area contributed by atoms with Gasteiger partial charge in [0.25, 0.3) is 0 Å². The third-order valence-corrected chi connectivity index (χ3v) is 6.92. The number of nitrogens with one attached hydrogen (secondary N) is 1. The highest BCUT2D eigenvalue weighted by atomic mass is 35.5. The van der Waals surface area contributed by atoms with Crippen LogP contribution in [-0.4, -0.2) is 33.0 Å². The lowest BCUT2D eigenvalue weighted by atomic mass is 10.1. The van der Waals surface area contributed by atoms with Crippen molar-refractivity contribution in [2.45, 2.75) is 23.1 Å². The third-order valence-electron chi connectivity index (χ3n) is 4.34. The molecule has 5 nitrogen and oxygen atoms in total. The molecule has 0 spiro atoms. The summed E-state index contributed by atoms with van der Waals surface area (Å²) >= 11 is 15.2. The first-order valence-corrected chi connectivity index (χ1v) is 12.3. The molecule has 0 aliphatic rings.